The third-order valence-electron chi connectivity index (χ3n) is 2.27. The maximum absolute atomic E-state index is 12.4. The van der Waals surface area contributed by atoms with Gasteiger partial charge in [0.25, 0.3) is 0 Å². The maximum Gasteiger partial charge on any atom is 0.416 e. The summed E-state index contributed by atoms with van der Waals surface area (Å²) in [4.78, 5) is 0. The Labute approximate surface area is 93.2 Å². The summed E-state index contributed by atoms with van der Waals surface area (Å²) < 4.78 is 73.9. The van der Waals surface area contributed by atoms with Crippen molar-refractivity contribution in [2.24, 2.45) is 5.73 Å². The summed E-state index contributed by atoms with van der Waals surface area (Å²) in [5.74, 6) is -1.94. The number of benzene rings is 1. The standard InChI is InChI=1S/C10H9F6N/c11-9(12,13)7-3-1-6(2-4-7)8(5-17)10(14,15)16/h1-4,8H,5,17H2. The molecule has 0 aliphatic carbocycles. The Kier molecular flexibility index (Phi) is 3.71. The average Bonchev–Trinajstić information content (AvgIpc) is 2.16. The number of hydrogen-bond acceptors (Lipinski definition) is 1. The average molecular weight is 257 g/mol. The van der Waals surface area contributed by atoms with Crippen molar-refractivity contribution in [3.05, 3.63) is 35.4 Å². The van der Waals surface area contributed by atoms with Crippen LogP contribution in [-0.4, -0.2) is 12.7 Å². The molecule has 0 saturated heterocycles. The zero-order valence-electron chi connectivity index (χ0n) is 8.44. The molecule has 1 nitrogen and oxygen atoms in total. The van der Waals surface area contributed by atoms with E-state index in [-0.39, 0.29) is 5.56 Å². The van der Waals surface area contributed by atoms with Gasteiger partial charge in [-0.2, -0.15) is 26.3 Å². The fraction of sp³-hybridized carbons (Fsp3) is 0.400. The van der Waals surface area contributed by atoms with E-state index in [4.69, 9.17) is 5.73 Å². The fourth-order valence-corrected chi connectivity index (χ4v) is 1.36. The normalized spacial score (nSPS) is 14.8. The van der Waals surface area contributed by atoms with Crippen molar-refractivity contribution in [1.29, 1.82) is 0 Å². The molecule has 0 aliphatic rings. The van der Waals surface area contributed by atoms with Crippen molar-refractivity contribution in [2.75, 3.05) is 6.54 Å². The van der Waals surface area contributed by atoms with Gasteiger partial charge in [0, 0.05) is 6.54 Å². The van der Waals surface area contributed by atoms with Crippen LogP contribution in [-0.2, 0) is 6.18 Å². The van der Waals surface area contributed by atoms with Gasteiger partial charge in [0.2, 0.25) is 0 Å². The van der Waals surface area contributed by atoms with Crippen LogP contribution in [0.4, 0.5) is 26.3 Å². The van der Waals surface area contributed by atoms with Crippen molar-refractivity contribution >= 4 is 0 Å². The molecule has 0 amide bonds. The SMILES string of the molecule is NCC(c1ccc(C(F)(F)F)cc1)C(F)(F)F. The highest BCUT2D eigenvalue weighted by Gasteiger charge is 2.40. The van der Waals surface area contributed by atoms with Crippen LogP contribution in [0.1, 0.15) is 17.0 Å². The van der Waals surface area contributed by atoms with Crippen LogP contribution in [0.5, 0.6) is 0 Å². The van der Waals surface area contributed by atoms with Gasteiger partial charge in [-0.25, -0.2) is 0 Å². The Balaban J connectivity index is 3.02. The Bertz CT molecular complexity index is 364. The van der Waals surface area contributed by atoms with E-state index in [9.17, 15) is 26.3 Å². The first-order chi connectivity index (χ1) is 7.66. The van der Waals surface area contributed by atoms with Gasteiger partial charge in [0.05, 0.1) is 11.5 Å². The lowest BCUT2D eigenvalue weighted by Gasteiger charge is -2.19. The van der Waals surface area contributed by atoms with E-state index in [0.29, 0.717) is 12.1 Å². The van der Waals surface area contributed by atoms with Crippen molar-refractivity contribution in [2.45, 2.75) is 18.3 Å². The predicted molar refractivity (Wildman–Crippen MR) is 49.3 cm³/mol. The van der Waals surface area contributed by atoms with E-state index in [1.54, 1.807) is 0 Å². The summed E-state index contributed by atoms with van der Waals surface area (Å²) in [6, 6.07) is 2.83. The summed E-state index contributed by atoms with van der Waals surface area (Å²) in [5, 5.41) is 0. The Morgan fingerprint density at radius 2 is 1.41 bits per heavy atom. The van der Waals surface area contributed by atoms with E-state index in [1.807, 2.05) is 0 Å². The molecule has 0 saturated carbocycles. The van der Waals surface area contributed by atoms with Crippen LogP contribution >= 0.6 is 0 Å². The van der Waals surface area contributed by atoms with E-state index >= 15 is 0 Å². The molecule has 0 heterocycles. The number of hydrogen-bond donors (Lipinski definition) is 1. The second-order valence-corrected chi connectivity index (χ2v) is 3.45. The fourth-order valence-electron chi connectivity index (χ4n) is 1.36. The van der Waals surface area contributed by atoms with Crippen LogP contribution in [0.25, 0.3) is 0 Å². The molecule has 1 aromatic rings. The second kappa shape index (κ2) is 4.56. The summed E-state index contributed by atoms with van der Waals surface area (Å²) in [6.07, 6.45) is -9.12. The van der Waals surface area contributed by atoms with Gasteiger partial charge < -0.3 is 5.73 Å². The number of alkyl halides is 6. The van der Waals surface area contributed by atoms with Crippen molar-refractivity contribution in [1.82, 2.24) is 0 Å². The third-order valence-corrected chi connectivity index (χ3v) is 2.27. The molecule has 1 unspecified atom stereocenters. The lowest BCUT2D eigenvalue weighted by molar-refractivity contribution is -0.148. The molecule has 7 heteroatoms. The van der Waals surface area contributed by atoms with E-state index in [2.05, 4.69) is 0 Å². The van der Waals surface area contributed by atoms with Gasteiger partial charge >= 0.3 is 12.4 Å². The molecule has 0 aromatic heterocycles. The van der Waals surface area contributed by atoms with Crippen LogP contribution in [0.15, 0.2) is 24.3 Å². The van der Waals surface area contributed by atoms with Crippen LogP contribution in [0.3, 0.4) is 0 Å². The third kappa shape index (κ3) is 3.36. The van der Waals surface area contributed by atoms with Gasteiger partial charge in [-0.05, 0) is 17.7 Å². The minimum Gasteiger partial charge on any atom is -0.330 e. The summed E-state index contributed by atoms with van der Waals surface area (Å²) in [7, 11) is 0. The minimum atomic E-state index is -4.56. The smallest absolute Gasteiger partial charge is 0.330 e. The Morgan fingerprint density at radius 3 is 1.71 bits per heavy atom. The molecule has 0 radical (unpaired) electrons. The lowest BCUT2D eigenvalue weighted by atomic mass is 9.97. The molecular weight excluding hydrogens is 248 g/mol. The molecule has 1 aromatic carbocycles. The molecule has 0 aliphatic heterocycles. The highest BCUT2D eigenvalue weighted by Crippen LogP contribution is 2.35. The number of halogens is 6. The Morgan fingerprint density at radius 1 is 0.941 bits per heavy atom. The zero-order valence-corrected chi connectivity index (χ0v) is 8.44. The first-order valence-electron chi connectivity index (χ1n) is 4.60. The molecule has 1 atom stereocenters. The van der Waals surface area contributed by atoms with Crippen LogP contribution < -0.4 is 5.73 Å². The second-order valence-electron chi connectivity index (χ2n) is 3.45. The quantitative estimate of drug-likeness (QED) is 0.808. The molecule has 0 bridgehead atoms. The molecular formula is C10H9F6N. The van der Waals surface area contributed by atoms with Gasteiger partial charge in [0.15, 0.2) is 0 Å². The van der Waals surface area contributed by atoms with Gasteiger partial charge in [-0.3, -0.25) is 0 Å². The predicted octanol–water partition coefficient (Wildman–Crippen LogP) is 3.31. The highest BCUT2D eigenvalue weighted by molar-refractivity contribution is 5.28. The molecule has 2 N–H and O–H groups in total. The first-order valence-corrected chi connectivity index (χ1v) is 4.60. The highest BCUT2D eigenvalue weighted by atomic mass is 19.4. The minimum absolute atomic E-state index is 0.270. The van der Waals surface area contributed by atoms with Crippen molar-refractivity contribution in [3.8, 4) is 0 Å². The number of nitrogens with two attached hydrogens (primary N) is 1. The van der Waals surface area contributed by atoms with E-state index in [1.165, 1.54) is 0 Å². The summed E-state index contributed by atoms with van der Waals surface area (Å²) in [5.41, 5.74) is 3.72. The Hall–Kier alpha value is -1.24. The molecule has 1 rings (SSSR count). The van der Waals surface area contributed by atoms with E-state index in [0.717, 1.165) is 12.1 Å². The molecule has 0 spiro atoms. The van der Waals surface area contributed by atoms with Gasteiger partial charge in [-0.1, -0.05) is 12.1 Å². The zero-order chi connectivity index (χ0) is 13.3. The topological polar surface area (TPSA) is 26.0 Å². The van der Waals surface area contributed by atoms with Crippen molar-refractivity contribution < 1.29 is 26.3 Å². The summed E-state index contributed by atoms with van der Waals surface area (Å²) >= 11 is 0. The number of rotatable bonds is 2. The lowest BCUT2D eigenvalue weighted by Crippen LogP contribution is -2.28. The molecule has 96 valence electrons. The first kappa shape index (κ1) is 13.8. The largest absolute Gasteiger partial charge is 0.416 e. The molecule has 17 heavy (non-hydrogen) atoms. The maximum atomic E-state index is 12.4. The van der Waals surface area contributed by atoms with Crippen molar-refractivity contribution in [3.63, 3.8) is 0 Å². The van der Waals surface area contributed by atoms with Crippen LogP contribution in [0, 0.1) is 0 Å². The van der Waals surface area contributed by atoms with E-state index < -0.39 is 30.4 Å². The van der Waals surface area contributed by atoms with Crippen LogP contribution in [0.2, 0.25) is 0 Å². The summed E-state index contributed by atoms with van der Waals surface area (Å²) in [6.45, 7) is -0.700. The monoisotopic (exact) mass is 257 g/mol. The van der Waals surface area contributed by atoms with Gasteiger partial charge in [0.1, 0.15) is 0 Å². The van der Waals surface area contributed by atoms with Gasteiger partial charge in [-0.15, -0.1) is 0 Å². The molecule has 0 fully saturated rings.